The molecule has 102 valence electrons. The lowest BCUT2D eigenvalue weighted by Gasteiger charge is -2.36. The molecule has 4 heteroatoms. The predicted molar refractivity (Wildman–Crippen MR) is 79.2 cm³/mol. The first-order chi connectivity index (χ1) is 8.75. The van der Waals surface area contributed by atoms with E-state index in [9.17, 15) is 0 Å². The van der Waals surface area contributed by atoms with Gasteiger partial charge in [0.1, 0.15) is 0 Å². The number of hydrogen-bond acceptors (Lipinski definition) is 4. The highest BCUT2D eigenvalue weighted by Crippen LogP contribution is 2.07. The monoisotopic (exact) mass is 267 g/mol. The molecule has 1 fully saturated rings. The molecule has 2 rings (SSSR count). The third-order valence-electron chi connectivity index (χ3n) is 3.62. The highest BCUT2D eigenvalue weighted by atomic mass is 32.1. The Morgan fingerprint density at radius 2 is 2.06 bits per heavy atom. The smallest absolute Gasteiger partial charge is 0.0300 e. The highest BCUT2D eigenvalue weighted by Gasteiger charge is 2.17. The fourth-order valence-electron chi connectivity index (χ4n) is 2.37. The summed E-state index contributed by atoms with van der Waals surface area (Å²) in [6.45, 7) is 12.8. The molecule has 0 saturated carbocycles. The fourth-order valence-corrected chi connectivity index (χ4v) is 3.04. The molecule has 0 atom stereocenters. The van der Waals surface area contributed by atoms with Crippen LogP contribution in [0.1, 0.15) is 18.7 Å². The minimum atomic E-state index is 0.698. The second-order valence-electron chi connectivity index (χ2n) is 5.23. The van der Waals surface area contributed by atoms with Crippen LogP contribution in [-0.2, 0) is 6.54 Å². The van der Waals surface area contributed by atoms with E-state index in [0.717, 1.165) is 13.1 Å². The summed E-state index contributed by atoms with van der Waals surface area (Å²) in [7, 11) is 0. The highest BCUT2D eigenvalue weighted by molar-refractivity contribution is 7.09. The van der Waals surface area contributed by atoms with Gasteiger partial charge in [0.15, 0.2) is 0 Å². The van der Waals surface area contributed by atoms with Crippen molar-refractivity contribution in [1.29, 1.82) is 0 Å². The third kappa shape index (κ3) is 4.35. The van der Waals surface area contributed by atoms with Crippen LogP contribution in [0.4, 0.5) is 0 Å². The minimum absolute atomic E-state index is 0.698. The van der Waals surface area contributed by atoms with Crippen molar-refractivity contribution in [1.82, 2.24) is 15.1 Å². The van der Waals surface area contributed by atoms with E-state index < -0.39 is 0 Å². The standard InChI is InChI=1S/C14H25N3S/c1-13(2)17-9-7-16(8-10-17)6-5-15-12-14-4-3-11-18-14/h3-4,11,13,15H,5-10,12H2,1-2H3. The van der Waals surface area contributed by atoms with Crippen molar-refractivity contribution in [3.63, 3.8) is 0 Å². The van der Waals surface area contributed by atoms with Crippen LogP contribution < -0.4 is 5.32 Å². The van der Waals surface area contributed by atoms with Crippen LogP contribution >= 0.6 is 11.3 Å². The lowest BCUT2D eigenvalue weighted by molar-refractivity contribution is 0.109. The molecule has 1 N–H and O–H groups in total. The second-order valence-corrected chi connectivity index (χ2v) is 6.26. The van der Waals surface area contributed by atoms with Gasteiger partial charge in [-0.1, -0.05) is 6.07 Å². The Kier molecular flexibility index (Phi) is 5.63. The Bertz CT molecular complexity index is 316. The Morgan fingerprint density at radius 3 is 2.67 bits per heavy atom. The van der Waals surface area contributed by atoms with E-state index in [2.05, 4.69) is 46.5 Å². The number of nitrogens with zero attached hydrogens (tertiary/aromatic N) is 2. The van der Waals surface area contributed by atoms with Gasteiger partial charge in [-0.05, 0) is 25.3 Å². The van der Waals surface area contributed by atoms with Crippen molar-refractivity contribution in [3.8, 4) is 0 Å². The summed E-state index contributed by atoms with van der Waals surface area (Å²) in [4.78, 5) is 6.57. The van der Waals surface area contributed by atoms with E-state index >= 15 is 0 Å². The van der Waals surface area contributed by atoms with Crippen molar-refractivity contribution < 1.29 is 0 Å². The number of nitrogens with one attached hydrogen (secondary N) is 1. The van der Waals surface area contributed by atoms with E-state index in [4.69, 9.17) is 0 Å². The Morgan fingerprint density at radius 1 is 1.28 bits per heavy atom. The fraction of sp³-hybridized carbons (Fsp3) is 0.714. The maximum Gasteiger partial charge on any atom is 0.0300 e. The van der Waals surface area contributed by atoms with Crippen molar-refractivity contribution in [3.05, 3.63) is 22.4 Å². The molecular formula is C14H25N3S. The summed E-state index contributed by atoms with van der Waals surface area (Å²) in [6, 6.07) is 5.01. The molecule has 0 unspecified atom stereocenters. The van der Waals surface area contributed by atoms with Crippen LogP contribution in [0.5, 0.6) is 0 Å². The molecule has 18 heavy (non-hydrogen) atoms. The number of piperazine rings is 1. The van der Waals surface area contributed by atoms with Gasteiger partial charge >= 0.3 is 0 Å². The van der Waals surface area contributed by atoms with E-state index in [0.29, 0.717) is 6.04 Å². The number of thiophene rings is 1. The normalized spacial score (nSPS) is 18.6. The molecule has 1 aliphatic heterocycles. The Hall–Kier alpha value is -0.420. The van der Waals surface area contributed by atoms with Crippen molar-refractivity contribution in [2.75, 3.05) is 39.3 Å². The zero-order chi connectivity index (χ0) is 12.8. The lowest BCUT2D eigenvalue weighted by Crippen LogP contribution is -2.50. The molecule has 0 spiro atoms. The van der Waals surface area contributed by atoms with Gasteiger partial charge < -0.3 is 5.32 Å². The number of hydrogen-bond donors (Lipinski definition) is 1. The molecule has 0 radical (unpaired) electrons. The average Bonchev–Trinajstić information content (AvgIpc) is 2.88. The van der Waals surface area contributed by atoms with Crippen LogP contribution in [-0.4, -0.2) is 55.1 Å². The van der Waals surface area contributed by atoms with Gasteiger partial charge in [0.25, 0.3) is 0 Å². The lowest BCUT2D eigenvalue weighted by atomic mass is 10.2. The zero-order valence-electron chi connectivity index (χ0n) is 11.6. The molecule has 1 aromatic rings. The van der Waals surface area contributed by atoms with Gasteiger partial charge in [0.2, 0.25) is 0 Å². The van der Waals surface area contributed by atoms with E-state index in [1.54, 1.807) is 0 Å². The first kappa shape index (κ1) is 14.0. The van der Waals surface area contributed by atoms with E-state index in [-0.39, 0.29) is 0 Å². The molecular weight excluding hydrogens is 242 g/mol. The Labute approximate surface area is 115 Å². The van der Waals surface area contributed by atoms with Crippen LogP contribution in [0.15, 0.2) is 17.5 Å². The van der Waals surface area contributed by atoms with Crippen LogP contribution in [0.3, 0.4) is 0 Å². The quantitative estimate of drug-likeness (QED) is 0.794. The second kappa shape index (κ2) is 7.24. The molecule has 0 bridgehead atoms. The van der Waals surface area contributed by atoms with Gasteiger partial charge in [0, 0.05) is 56.7 Å². The van der Waals surface area contributed by atoms with Gasteiger partial charge in [-0.15, -0.1) is 11.3 Å². The SMILES string of the molecule is CC(C)N1CCN(CCNCc2cccs2)CC1. The number of rotatable bonds is 6. The van der Waals surface area contributed by atoms with Gasteiger partial charge in [-0.2, -0.15) is 0 Å². The summed E-state index contributed by atoms with van der Waals surface area (Å²) < 4.78 is 0. The first-order valence-electron chi connectivity index (χ1n) is 6.95. The van der Waals surface area contributed by atoms with Crippen LogP contribution in [0.25, 0.3) is 0 Å². The first-order valence-corrected chi connectivity index (χ1v) is 7.83. The molecule has 0 aromatic carbocycles. The average molecular weight is 267 g/mol. The summed E-state index contributed by atoms with van der Waals surface area (Å²) in [5.74, 6) is 0. The maximum absolute atomic E-state index is 3.52. The molecule has 0 amide bonds. The predicted octanol–water partition coefficient (Wildman–Crippen LogP) is 1.86. The third-order valence-corrected chi connectivity index (χ3v) is 4.50. The molecule has 1 aliphatic rings. The van der Waals surface area contributed by atoms with Crippen LogP contribution in [0, 0.1) is 0 Å². The summed E-state index contributed by atoms with van der Waals surface area (Å²) in [5, 5.41) is 5.67. The van der Waals surface area contributed by atoms with E-state index in [1.807, 2.05) is 11.3 Å². The minimum Gasteiger partial charge on any atom is -0.311 e. The summed E-state index contributed by atoms with van der Waals surface area (Å²) in [6.07, 6.45) is 0. The molecule has 2 heterocycles. The zero-order valence-corrected chi connectivity index (χ0v) is 12.4. The molecule has 3 nitrogen and oxygen atoms in total. The maximum atomic E-state index is 3.52. The summed E-state index contributed by atoms with van der Waals surface area (Å²) >= 11 is 1.83. The van der Waals surface area contributed by atoms with Gasteiger partial charge in [-0.25, -0.2) is 0 Å². The van der Waals surface area contributed by atoms with Crippen LogP contribution in [0.2, 0.25) is 0 Å². The van der Waals surface area contributed by atoms with Crippen molar-refractivity contribution in [2.45, 2.75) is 26.4 Å². The van der Waals surface area contributed by atoms with Crippen molar-refractivity contribution >= 4 is 11.3 Å². The summed E-state index contributed by atoms with van der Waals surface area (Å²) in [5.41, 5.74) is 0. The van der Waals surface area contributed by atoms with Crippen molar-refractivity contribution in [2.24, 2.45) is 0 Å². The topological polar surface area (TPSA) is 18.5 Å². The molecule has 1 saturated heterocycles. The van der Waals surface area contributed by atoms with Gasteiger partial charge in [0.05, 0.1) is 0 Å². The molecule has 0 aliphatic carbocycles. The Balaban J connectivity index is 1.55. The van der Waals surface area contributed by atoms with Gasteiger partial charge in [-0.3, -0.25) is 9.80 Å². The largest absolute Gasteiger partial charge is 0.311 e. The van der Waals surface area contributed by atoms with E-state index in [1.165, 1.54) is 37.6 Å². The molecule has 1 aromatic heterocycles.